The number of nitrogens with one attached hydrogen (secondary N) is 1. The lowest BCUT2D eigenvalue weighted by Gasteiger charge is -2.38. The number of hydrogen-bond acceptors (Lipinski definition) is 6. The number of aliphatic imine (C=N–C) groups is 1. The molecule has 2 aliphatic heterocycles. The van der Waals surface area contributed by atoms with Crippen LogP contribution in [0.25, 0.3) is 0 Å². The number of aryl methyl sites for hydroxylation is 1. The fraction of sp³-hybridized carbons (Fsp3) is 0.800. The number of halogens is 1. The number of piperazine rings is 1. The third-order valence-corrected chi connectivity index (χ3v) is 6.75. The Morgan fingerprint density at radius 1 is 1.16 bits per heavy atom. The standard InChI is InChI=1S/C20H36N8OS.HI/c1-16-23-24-18(26(16)3)15-22-20(21-8-6-14-30-4)28-12-10-27(11-13-28)19(29)17-7-5-9-25(17)2;/h17H,5-15H2,1-4H3,(H,21,22);1H. The summed E-state index contributed by atoms with van der Waals surface area (Å²) in [7, 11) is 4.03. The molecule has 176 valence electrons. The van der Waals surface area contributed by atoms with E-state index in [-0.39, 0.29) is 35.9 Å². The quantitative estimate of drug-likeness (QED) is 0.231. The van der Waals surface area contributed by atoms with Crippen LogP contribution >= 0.6 is 35.7 Å². The number of aromatic nitrogens is 3. The molecule has 1 unspecified atom stereocenters. The maximum absolute atomic E-state index is 12.9. The van der Waals surface area contributed by atoms with Crippen LogP contribution in [-0.4, -0.2) is 106 Å². The number of rotatable bonds is 7. The van der Waals surface area contributed by atoms with Gasteiger partial charge in [0, 0.05) is 39.8 Å². The van der Waals surface area contributed by atoms with Gasteiger partial charge in [-0.1, -0.05) is 0 Å². The van der Waals surface area contributed by atoms with Crippen molar-refractivity contribution in [2.75, 3.05) is 58.3 Å². The summed E-state index contributed by atoms with van der Waals surface area (Å²) in [4.78, 5) is 24.2. The Hall–Kier alpha value is -1.08. The van der Waals surface area contributed by atoms with E-state index in [1.54, 1.807) is 0 Å². The van der Waals surface area contributed by atoms with E-state index in [9.17, 15) is 4.79 Å². The number of likely N-dealkylation sites (tertiary alicyclic amines) is 1. The van der Waals surface area contributed by atoms with E-state index < -0.39 is 0 Å². The molecule has 1 aromatic heterocycles. The molecule has 0 saturated carbocycles. The van der Waals surface area contributed by atoms with Crippen molar-refractivity contribution in [3.8, 4) is 0 Å². The van der Waals surface area contributed by atoms with Crippen molar-refractivity contribution < 1.29 is 4.79 Å². The molecule has 1 amide bonds. The third-order valence-electron chi connectivity index (χ3n) is 6.06. The number of likely N-dealkylation sites (N-methyl/N-ethyl adjacent to an activating group) is 1. The highest BCUT2D eigenvalue weighted by Gasteiger charge is 2.33. The minimum absolute atomic E-state index is 0. The molecule has 11 heteroatoms. The lowest BCUT2D eigenvalue weighted by molar-refractivity contribution is -0.136. The summed E-state index contributed by atoms with van der Waals surface area (Å²) in [6, 6.07) is 0.0634. The summed E-state index contributed by atoms with van der Waals surface area (Å²) >= 11 is 1.86. The number of carbonyl (C=O) groups is 1. The van der Waals surface area contributed by atoms with Crippen molar-refractivity contribution in [3.63, 3.8) is 0 Å². The third kappa shape index (κ3) is 6.95. The number of hydrogen-bond donors (Lipinski definition) is 1. The summed E-state index contributed by atoms with van der Waals surface area (Å²) in [5.41, 5.74) is 0. The van der Waals surface area contributed by atoms with E-state index in [1.807, 2.05) is 35.2 Å². The van der Waals surface area contributed by atoms with E-state index in [2.05, 4.69) is 38.6 Å². The zero-order valence-electron chi connectivity index (χ0n) is 19.2. The van der Waals surface area contributed by atoms with Crippen LogP contribution in [0.2, 0.25) is 0 Å². The monoisotopic (exact) mass is 564 g/mol. The van der Waals surface area contributed by atoms with Gasteiger partial charge in [-0.15, -0.1) is 34.2 Å². The first-order valence-corrected chi connectivity index (χ1v) is 12.3. The van der Waals surface area contributed by atoms with Crippen molar-refractivity contribution >= 4 is 47.6 Å². The van der Waals surface area contributed by atoms with E-state index >= 15 is 0 Å². The van der Waals surface area contributed by atoms with Crippen LogP contribution in [0, 0.1) is 6.92 Å². The summed E-state index contributed by atoms with van der Waals surface area (Å²) < 4.78 is 1.98. The first kappa shape index (κ1) is 26.2. The van der Waals surface area contributed by atoms with E-state index in [4.69, 9.17) is 4.99 Å². The highest BCUT2D eigenvalue weighted by Crippen LogP contribution is 2.18. The first-order valence-electron chi connectivity index (χ1n) is 10.9. The van der Waals surface area contributed by atoms with E-state index in [0.717, 1.165) is 81.9 Å². The molecule has 0 spiro atoms. The van der Waals surface area contributed by atoms with E-state index in [1.165, 1.54) is 0 Å². The first-order chi connectivity index (χ1) is 14.5. The average molecular weight is 565 g/mol. The molecule has 2 aliphatic rings. The van der Waals surface area contributed by atoms with E-state index in [0.29, 0.717) is 6.54 Å². The Morgan fingerprint density at radius 3 is 2.45 bits per heavy atom. The van der Waals surface area contributed by atoms with Gasteiger partial charge in [-0.05, 0) is 51.8 Å². The Morgan fingerprint density at radius 2 is 1.87 bits per heavy atom. The van der Waals surface area contributed by atoms with Crippen LogP contribution < -0.4 is 5.32 Å². The number of nitrogens with zero attached hydrogens (tertiary/aromatic N) is 7. The number of carbonyl (C=O) groups excluding carboxylic acids is 1. The van der Waals surface area contributed by atoms with Crippen molar-refractivity contribution in [3.05, 3.63) is 11.6 Å². The Labute approximate surface area is 207 Å². The minimum Gasteiger partial charge on any atom is -0.356 e. The molecule has 3 rings (SSSR count). The molecule has 2 fully saturated rings. The smallest absolute Gasteiger partial charge is 0.240 e. The molecule has 1 N–H and O–H groups in total. The predicted molar refractivity (Wildman–Crippen MR) is 137 cm³/mol. The second-order valence-electron chi connectivity index (χ2n) is 8.09. The van der Waals surface area contributed by atoms with Crippen LogP contribution in [0.4, 0.5) is 0 Å². The van der Waals surface area contributed by atoms with Crippen molar-refractivity contribution in [2.45, 2.75) is 38.8 Å². The van der Waals surface area contributed by atoms with Crippen LogP contribution in [0.3, 0.4) is 0 Å². The zero-order chi connectivity index (χ0) is 21.5. The van der Waals surface area contributed by atoms with Crippen LogP contribution in [0.15, 0.2) is 4.99 Å². The Kier molecular flexibility index (Phi) is 10.8. The highest BCUT2D eigenvalue weighted by molar-refractivity contribution is 14.0. The molecular formula is C20H37IN8OS. The Balaban J connectivity index is 0.00000341. The van der Waals surface area contributed by atoms with Crippen molar-refractivity contribution in [1.82, 2.24) is 34.8 Å². The second kappa shape index (κ2) is 12.8. The SMILES string of the molecule is CSCCCNC(=NCc1nnc(C)n1C)N1CCN(C(=O)C2CCCN2C)CC1.I. The van der Waals surface area contributed by atoms with Gasteiger partial charge >= 0.3 is 0 Å². The number of guanidine groups is 1. The summed E-state index contributed by atoms with van der Waals surface area (Å²) in [6.07, 6.45) is 5.32. The summed E-state index contributed by atoms with van der Waals surface area (Å²) in [6.45, 7) is 7.45. The summed E-state index contributed by atoms with van der Waals surface area (Å²) in [5, 5.41) is 11.9. The fourth-order valence-electron chi connectivity index (χ4n) is 3.99. The van der Waals surface area contributed by atoms with Crippen molar-refractivity contribution in [1.29, 1.82) is 0 Å². The van der Waals surface area contributed by atoms with Crippen LogP contribution in [-0.2, 0) is 18.4 Å². The highest BCUT2D eigenvalue weighted by atomic mass is 127. The van der Waals surface area contributed by atoms with Gasteiger partial charge in [-0.3, -0.25) is 9.69 Å². The molecule has 3 heterocycles. The fourth-order valence-corrected chi connectivity index (χ4v) is 4.42. The minimum atomic E-state index is 0. The van der Waals surface area contributed by atoms with Gasteiger partial charge in [0.05, 0.1) is 6.04 Å². The van der Waals surface area contributed by atoms with Gasteiger partial charge in [0.25, 0.3) is 0 Å². The molecule has 2 saturated heterocycles. The zero-order valence-corrected chi connectivity index (χ0v) is 22.4. The van der Waals surface area contributed by atoms with Gasteiger partial charge in [-0.25, -0.2) is 4.99 Å². The van der Waals surface area contributed by atoms with Gasteiger partial charge in [-0.2, -0.15) is 11.8 Å². The lowest BCUT2D eigenvalue weighted by atomic mass is 10.1. The number of amides is 1. The van der Waals surface area contributed by atoms with Gasteiger partial charge in [0.15, 0.2) is 11.8 Å². The van der Waals surface area contributed by atoms with Gasteiger partial charge < -0.3 is 19.7 Å². The normalized spacial score (nSPS) is 20.1. The maximum atomic E-state index is 12.9. The van der Waals surface area contributed by atoms with Gasteiger partial charge in [0.1, 0.15) is 12.4 Å². The molecule has 0 aliphatic carbocycles. The molecule has 31 heavy (non-hydrogen) atoms. The lowest BCUT2D eigenvalue weighted by Crippen LogP contribution is -2.56. The Bertz CT molecular complexity index is 735. The van der Waals surface area contributed by atoms with Crippen LogP contribution in [0.1, 0.15) is 30.9 Å². The maximum Gasteiger partial charge on any atom is 0.240 e. The molecule has 1 aromatic rings. The average Bonchev–Trinajstić information content (AvgIpc) is 3.33. The molecule has 0 aromatic carbocycles. The van der Waals surface area contributed by atoms with Gasteiger partial charge in [0.2, 0.25) is 5.91 Å². The van der Waals surface area contributed by atoms with Crippen molar-refractivity contribution in [2.24, 2.45) is 12.0 Å². The predicted octanol–water partition coefficient (Wildman–Crippen LogP) is 1.18. The molecule has 1 atom stereocenters. The summed E-state index contributed by atoms with van der Waals surface area (Å²) in [5.74, 6) is 4.06. The second-order valence-corrected chi connectivity index (χ2v) is 9.07. The molecular weight excluding hydrogens is 527 g/mol. The molecule has 0 bridgehead atoms. The number of thioether (sulfide) groups is 1. The molecule has 0 radical (unpaired) electrons. The topological polar surface area (TPSA) is 81.9 Å². The molecule has 9 nitrogen and oxygen atoms in total. The van der Waals surface area contributed by atoms with Crippen LogP contribution in [0.5, 0.6) is 0 Å². The largest absolute Gasteiger partial charge is 0.356 e.